The van der Waals surface area contributed by atoms with Crippen LogP contribution < -0.4 is 10.6 Å². The van der Waals surface area contributed by atoms with Gasteiger partial charge in [-0.2, -0.15) is 0 Å². The Kier molecular flexibility index (Phi) is 15.9. The molecule has 0 aliphatic carbocycles. The van der Waals surface area contributed by atoms with E-state index in [4.69, 9.17) is 14.2 Å². The van der Waals surface area contributed by atoms with Crippen LogP contribution in [0.1, 0.15) is 58.6 Å². The molecule has 0 aliphatic heterocycles. The van der Waals surface area contributed by atoms with Gasteiger partial charge in [-0.15, -0.1) is 0 Å². The van der Waals surface area contributed by atoms with E-state index in [1.807, 2.05) is 58.0 Å². The van der Waals surface area contributed by atoms with Gasteiger partial charge in [0.15, 0.2) is 12.2 Å². The van der Waals surface area contributed by atoms with E-state index >= 15 is 0 Å². The van der Waals surface area contributed by atoms with Crippen LogP contribution in [0.3, 0.4) is 0 Å². The summed E-state index contributed by atoms with van der Waals surface area (Å²) in [5.41, 5.74) is 1.90. The average Bonchev–Trinajstić information content (AvgIpc) is 3.04. The lowest BCUT2D eigenvalue weighted by Gasteiger charge is -2.32. The standard InChI is InChI=1S/C35H49N3O9/c1-22(2)18-28(36-6)33(41)47-30(20-25-14-16-27(17-15-25)37-35(43)44-8)31(39)38(7)29(19-23(3)4)34(42)46-24(5)32(40)45-21-26-12-10-9-11-13-26/h9-17,22-24,28-30,36H,18-21H2,1-8H3,(H,37,43). The Morgan fingerprint density at radius 2 is 1.38 bits per heavy atom. The van der Waals surface area contributed by atoms with Gasteiger partial charge in [0.2, 0.25) is 0 Å². The summed E-state index contributed by atoms with van der Waals surface area (Å²) in [6.07, 6.45) is -2.43. The van der Waals surface area contributed by atoms with Crippen molar-refractivity contribution in [2.45, 2.75) is 84.8 Å². The number of rotatable bonds is 17. The lowest BCUT2D eigenvalue weighted by Crippen LogP contribution is -2.51. The second-order valence-electron chi connectivity index (χ2n) is 12.2. The summed E-state index contributed by atoms with van der Waals surface area (Å²) in [5.74, 6) is -2.57. The first-order chi connectivity index (χ1) is 22.2. The quantitative estimate of drug-likeness (QED) is 0.184. The number of carbonyl (C=O) groups excluding carboxylic acids is 5. The molecule has 12 nitrogen and oxygen atoms in total. The van der Waals surface area contributed by atoms with Gasteiger partial charge in [-0.1, -0.05) is 70.2 Å². The molecular weight excluding hydrogens is 606 g/mol. The maximum atomic E-state index is 14.0. The van der Waals surface area contributed by atoms with Crippen molar-refractivity contribution in [1.29, 1.82) is 0 Å². The summed E-state index contributed by atoms with van der Waals surface area (Å²) in [5, 5.41) is 5.51. The highest BCUT2D eigenvalue weighted by molar-refractivity contribution is 5.90. The van der Waals surface area contributed by atoms with Crippen LogP contribution in [-0.2, 0) is 51.2 Å². The van der Waals surface area contributed by atoms with Gasteiger partial charge in [0.1, 0.15) is 18.7 Å². The average molecular weight is 656 g/mol. The summed E-state index contributed by atoms with van der Waals surface area (Å²) >= 11 is 0. The van der Waals surface area contributed by atoms with Crippen molar-refractivity contribution in [1.82, 2.24) is 10.2 Å². The number of likely N-dealkylation sites (N-methyl/N-ethyl adjacent to an activating group) is 2. The van der Waals surface area contributed by atoms with Crippen molar-refractivity contribution in [3.63, 3.8) is 0 Å². The smallest absolute Gasteiger partial charge is 0.411 e. The Labute approximate surface area is 277 Å². The second-order valence-corrected chi connectivity index (χ2v) is 12.2. The number of nitrogens with one attached hydrogen (secondary N) is 2. The molecule has 4 unspecified atom stereocenters. The van der Waals surface area contributed by atoms with E-state index in [2.05, 4.69) is 15.4 Å². The minimum absolute atomic E-state index is 0.00279. The lowest BCUT2D eigenvalue weighted by molar-refractivity contribution is -0.174. The van der Waals surface area contributed by atoms with Crippen molar-refractivity contribution >= 4 is 35.6 Å². The molecule has 4 atom stereocenters. The van der Waals surface area contributed by atoms with Crippen molar-refractivity contribution in [3.05, 3.63) is 65.7 Å². The predicted molar refractivity (Wildman–Crippen MR) is 176 cm³/mol. The largest absolute Gasteiger partial charge is 0.458 e. The molecule has 0 aliphatic rings. The van der Waals surface area contributed by atoms with E-state index in [0.29, 0.717) is 17.7 Å². The van der Waals surface area contributed by atoms with Crippen LogP contribution >= 0.6 is 0 Å². The summed E-state index contributed by atoms with van der Waals surface area (Å²) < 4.78 is 21.3. The summed E-state index contributed by atoms with van der Waals surface area (Å²) in [4.78, 5) is 66.2. The topological polar surface area (TPSA) is 150 Å². The number of esters is 3. The molecule has 47 heavy (non-hydrogen) atoms. The SMILES string of the molecule is CNC(CC(C)C)C(=O)OC(Cc1ccc(NC(=O)OC)cc1)C(=O)N(C)C(CC(C)C)C(=O)OC(C)C(=O)OCc1ccccc1. The number of benzene rings is 2. The van der Waals surface area contributed by atoms with Crippen LogP contribution in [0.2, 0.25) is 0 Å². The van der Waals surface area contributed by atoms with Crippen molar-refractivity contribution in [2.24, 2.45) is 11.8 Å². The zero-order chi connectivity index (χ0) is 35.1. The number of carbonyl (C=O) groups is 5. The van der Waals surface area contributed by atoms with Gasteiger partial charge in [-0.3, -0.25) is 14.9 Å². The van der Waals surface area contributed by atoms with E-state index in [1.54, 1.807) is 31.3 Å². The maximum absolute atomic E-state index is 14.0. The minimum atomic E-state index is -1.29. The molecule has 258 valence electrons. The predicted octanol–water partition coefficient (Wildman–Crippen LogP) is 4.50. The van der Waals surface area contributed by atoms with E-state index in [9.17, 15) is 24.0 Å². The summed E-state index contributed by atoms with van der Waals surface area (Å²) in [6.45, 7) is 9.15. The van der Waals surface area contributed by atoms with E-state index in [0.717, 1.165) is 5.56 Å². The van der Waals surface area contributed by atoms with Gasteiger partial charge in [-0.05, 0) is 61.9 Å². The number of anilines is 1. The first-order valence-electron chi connectivity index (χ1n) is 15.7. The Morgan fingerprint density at radius 1 is 0.766 bits per heavy atom. The molecule has 0 saturated heterocycles. The molecule has 0 radical (unpaired) electrons. The van der Waals surface area contributed by atoms with E-state index < -0.39 is 54.2 Å². The molecule has 0 saturated carbocycles. The Morgan fingerprint density at radius 3 is 1.94 bits per heavy atom. The molecule has 2 aromatic carbocycles. The third kappa shape index (κ3) is 13.1. The van der Waals surface area contributed by atoms with E-state index in [1.165, 1.54) is 26.0 Å². The van der Waals surface area contributed by atoms with Gasteiger partial charge in [0, 0.05) is 19.2 Å². The zero-order valence-corrected chi connectivity index (χ0v) is 28.6. The first kappa shape index (κ1) is 38.7. The molecule has 0 heterocycles. The number of amides is 2. The molecule has 2 N–H and O–H groups in total. The fourth-order valence-electron chi connectivity index (χ4n) is 4.70. The number of nitrogens with zero attached hydrogens (tertiary/aromatic N) is 1. The van der Waals surface area contributed by atoms with Crippen LogP contribution in [0.4, 0.5) is 10.5 Å². The molecule has 0 bridgehead atoms. The second kappa shape index (κ2) is 19.3. The number of ether oxygens (including phenoxy) is 4. The Bertz CT molecular complexity index is 1320. The van der Waals surface area contributed by atoms with Gasteiger partial charge < -0.3 is 29.2 Å². The highest BCUT2D eigenvalue weighted by atomic mass is 16.6. The van der Waals surface area contributed by atoms with Crippen LogP contribution in [0.5, 0.6) is 0 Å². The fourth-order valence-corrected chi connectivity index (χ4v) is 4.70. The van der Waals surface area contributed by atoms with Crippen molar-refractivity contribution < 1.29 is 42.9 Å². The van der Waals surface area contributed by atoms with Crippen molar-refractivity contribution in [3.8, 4) is 0 Å². The third-order valence-electron chi connectivity index (χ3n) is 7.31. The molecule has 0 fully saturated rings. The van der Waals surface area contributed by atoms with E-state index in [-0.39, 0.29) is 31.3 Å². The molecule has 12 heteroatoms. The minimum Gasteiger partial charge on any atom is -0.458 e. The molecule has 2 rings (SSSR count). The normalized spacial score (nSPS) is 13.6. The Balaban J connectivity index is 2.27. The zero-order valence-electron chi connectivity index (χ0n) is 28.6. The van der Waals surface area contributed by atoms with Gasteiger partial charge >= 0.3 is 24.0 Å². The number of hydrogen-bond donors (Lipinski definition) is 2. The first-order valence-corrected chi connectivity index (χ1v) is 15.7. The molecule has 2 aromatic rings. The molecule has 0 aromatic heterocycles. The summed E-state index contributed by atoms with van der Waals surface area (Å²) in [7, 11) is 4.34. The highest BCUT2D eigenvalue weighted by Gasteiger charge is 2.37. The Hall–Kier alpha value is -4.45. The molecular formula is C35H49N3O9. The molecule has 2 amide bonds. The van der Waals surface area contributed by atoms with Crippen molar-refractivity contribution in [2.75, 3.05) is 26.5 Å². The monoisotopic (exact) mass is 655 g/mol. The summed E-state index contributed by atoms with van der Waals surface area (Å²) in [6, 6.07) is 14.0. The molecule has 0 spiro atoms. The van der Waals surface area contributed by atoms with Gasteiger partial charge in [-0.25, -0.2) is 14.4 Å². The van der Waals surface area contributed by atoms with Gasteiger partial charge in [0.25, 0.3) is 5.91 Å². The van der Waals surface area contributed by atoms with Crippen LogP contribution in [-0.4, -0.2) is 80.3 Å². The number of hydrogen-bond acceptors (Lipinski definition) is 10. The number of methoxy groups -OCH3 is 1. The van der Waals surface area contributed by atoms with Gasteiger partial charge in [0.05, 0.1) is 7.11 Å². The highest BCUT2D eigenvalue weighted by Crippen LogP contribution is 2.20. The van der Waals surface area contributed by atoms with Crippen LogP contribution in [0, 0.1) is 11.8 Å². The van der Waals surface area contributed by atoms with Crippen LogP contribution in [0.25, 0.3) is 0 Å². The van der Waals surface area contributed by atoms with Crippen LogP contribution in [0.15, 0.2) is 54.6 Å². The maximum Gasteiger partial charge on any atom is 0.411 e. The fraction of sp³-hybridized carbons (Fsp3) is 0.514. The third-order valence-corrected chi connectivity index (χ3v) is 7.31. The lowest BCUT2D eigenvalue weighted by atomic mass is 10.0.